The molecule has 2 N–H and O–H groups in total. The molecule has 0 bridgehead atoms. The fourth-order valence-electron chi connectivity index (χ4n) is 3.33. The molecule has 1 aliphatic heterocycles. The number of rotatable bonds is 5. The van der Waals surface area contributed by atoms with Crippen LogP contribution in [-0.2, 0) is 6.54 Å². The molecule has 3 aromatic rings. The Morgan fingerprint density at radius 3 is 2.67 bits per heavy atom. The summed E-state index contributed by atoms with van der Waals surface area (Å²) in [7, 11) is 0. The minimum absolute atomic E-state index is 0.520. The fourth-order valence-corrected chi connectivity index (χ4v) is 3.33. The maximum atomic E-state index is 4.07. The van der Waals surface area contributed by atoms with Gasteiger partial charge < -0.3 is 10.3 Å². The smallest absolute Gasteiger partial charge is 0.0924 e. The van der Waals surface area contributed by atoms with Crippen LogP contribution < -0.4 is 5.32 Å². The minimum atomic E-state index is 0.520. The monoisotopic (exact) mass is 318 g/mol. The molecule has 1 atom stereocenters. The lowest BCUT2D eigenvalue weighted by atomic mass is 10.1. The zero-order valence-corrected chi connectivity index (χ0v) is 13.7. The summed E-state index contributed by atoms with van der Waals surface area (Å²) in [4.78, 5) is 9.73. The van der Waals surface area contributed by atoms with E-state index in [2.05, 4.69) is 74.8 Å². The predicted octanol–water partition coefficient (Wildman–Crippen LogP) is 3.76. The van der Waals surface area contributed by atoms with Gasteiger partial charge in [0.1, 0.15) is 0 Å². The summed E-state index contributed by atoms with van der Waals surface area (Å²) < 4.78 is 0. The molecular formula is C20H22N4. The van der Waals surface area contributed by atoms with Crippen molar-refractivity contribution in [3.05, 3.63) is 72.7 Å². The van der Waals surface area contributed by atoms with Gasteiger partial charge in [0.15, 0.2) is 0 Å². The first-order valence-corrected chi connectivity index (χ1v) is 8.48. The maximum absolute atomic E-state index is 4.07. The van der Waals surface area contributed by atoms with Gasteiger partial charge in [0.05, 0.1) is 18.2 Å². The Labute approximate surface area is 142 Å². The lowest BCUT2D eigenvalue weighted by molar-refractivity contribution is 0.328. The van der Waals surface area contributed by atoms with Gasteiger partial charge in [-0.2, -0.15) is 0 Å². The highest BCUT2D eigenvalue weighted by atomic mass is 15.2. The van der Waals surface area contributed by atoms with Crippen LogP contribution in [0.1, 0.15) is 12.0 Å². The van der Waals surface area contributed by atoms with Crippen molar-refractivity contribution < 1.29 is 0 Å². The molecule has 0 spiro atoms. The molecule has 4 nitrogen and oxygen atoms in total. The predicted molar refractivity (Wildman–Crippen MR) is 97.8 cm³/mol. The summed E-state index contributed by atoms with van der Waals surface area (Å²) in [6.07, 6.45) is 4.75. The molecule has 1 saturated heterocycles. The second kappa shape index (κ2) is 6.89. The number of imidazole rings is 1. The molecule has 4 rings (SSSR count). The second-order valence-corrected chi connectivity index (χ2v) is 6.39. The highest BCUT2D eigenvalue weighted by Crippen LogP contribution is 2.21. The molecule has 0 radical (unpaired) electrons. The molecule has 0 aliphatic carbocycles. The summed E-state index contributed by atoms with van der Waals surface area (Å²) in [5, 5.41) is 3.66. The van der Waals surface area contributed by atoms with Crippen LogP contribution in [0, 0.1) is 0 Å². The highest BCUT2D eigenvalue weighted by molar-refractivity contribution is 5.62. The number of benzene rings is 2. The van der Waals surface area contributed by atoms with Crippen molar-refractivity contribution in [1.29, 1.82) is 0 Å². The first kappa shape index (κ1) is 15.0. The molecule has 24 heavy (non-hydrogen) atoms. The van der Waals surface area contributed by atoms with Crippen LogP contribution in [0.15, 0.2) is 67.1 Å². The number of hydrogen-bond acceptors (Lipinski definition) is 3. The summed E-state index contributed by atoms with van der Waals surface area (Å²) in [5.74, 6) is 0. The van der Waals surface area contributed by atoms with Crippen LogP contribution in [0.4, 0.5) is 5.69 Å². The number of nitrogens with zero attached hydrogens (tertiary/aromatic N) is 2. The highest BCUT2D eigenvalue weighted by Gasteiger charge is 2.22. The van der Waals surface area contributed by atoms with E-state index >= 15 is 0 Å². The summed E-state index contributed by atoms with van der Waals surface area (Å²) in [5.41, 5.74) is 4.79. The van der Waals surface area contributed by atoms with E-state index in [9.17, 15) is 0 Å². The van der Waals surface area contributed by atoms with Gasteiger partial charge in [-0.25, -0.2) is 4.98 Å². The third-order valence-electron chi connectivity index (χ3n) is 4.59. The molecular weight excluding hydrogens is 296 g/mol. The van der Waals surface area contributed by atoms with Crippen molar-refractivity contribution in [3.8, 4) is 11.3 Å². The van der Waals surface area contributed by atoms with Gasteiger partial charge in [-0.05, 0) is 29.7 Å². The Morgan fingerprint density at radius 1 is 1.08 bits per heavy atom. The van der Waals surface area contributed by atoms with Crippen molar-refractivity contribution in [2.24, 2.45) is 0 Å². The Morgan fingerprint density at radius 2 is 1.92 bits per heavy atom. The molecule has 2 heterocycles. The molecule has 122 valence electrons. The normalized spacial score (nSPS) is 17.9. The van der Waals surface area contributed by atoms with E-state index < -0.39 is 0 Å². The Balaban J connectivity index is 1.33. The standard InChI is InChI=1S/C20H22N4/c1-2-4-16(5-3-1)13-24-11-10-19(14-24)23-18-8-6-17(7-9-18)20-12-21-15-22-20/h1-9,12,15,19,23H,10-11,13-14H2,(H,21,22). The van der Waals surface area contributed by atoms with Crippen LogP contribution in [0.25, 0.3) is 11.3 Å². The van der Waals surface area contributed by atoms with E-state index in [1.165, 1.54) is 17.7 Å². The lowest BCUT2D eigenvalue weighted by Gasteiger charge is -2.17. The molecule has 0 amide bonds. The van der Waals surface area contributed by atoms with Gasteiger partial charge in [-0.3, -0.25) is 4.90 Å². The molecule has 2 aromatic carbocycles. The number of aromatic nitrogens is 2. The summed E-state index contributed by atoms with van der Waals surface area (Å²) >= 11 is 0. The SMILES string of the molecule is c1ccc(CN2CCC(Nc3ccc(-c4cnc[nH]4)cc3)C2)cc1. The molecule has 1 aliphatic rings. The molecule has 1 aromatic heterocycles. The van der Waals surface area contributed by atoms with E-state index in [-0.39, 0.29) is 0 Å². The van der Waals surface area contributed by atoms with Crippen molar-refractivity contribution in [1.82, 2.24) is 14.9 Å². The van der Waals surface area contributed by atoms with Crippen LogP contribution >= 0.6 is 0 Å². The van der Waals surface area contributed by atoms with E-state index in [4.69, 9.17) is 0 Å². The first-order chi connectivity index (χ1) is 11.9. The molecule has 1 unspecified atom stereocenters. The number of anilines is 1. The Kier molecular flexibility index (Phi) is 4.30. The molecule has 0 saturated carbocycles. The van der Waals surface area contributed by atoms with Gasteiger partial charge in [-0.15, -0.1) is 0 Å². The summed E-state index contributed by atoms with van der Waals surface area (Å²) in [6.45, 7) is 3.29. The van der Waals surface area contributed by atoms with E-state index in [0.717, 1.165) is 30.9 Å². The third-order valence-corrected chi connectivity index (χ3v) is 4.59. The van der Waals surface area contributed by atoms with Gasteiger partial charge in [0, 0.05) is 31.4 Å². The van der Waals surface area contributed by atoms with E-state index in [1.807, 2.05) is 6.20 Å². The third kappa shape index (κ3) is 3.49. The average molecular weight is 318 g/mol. The second-order valence-electron chi connectivity index (χ2n) is 6.39. The van der Waals surface area contributed by atoms with Crippen molar-refractivity contribution in [3.63, 3.8) is 0 Å². The lowest BCUT2D eigenvalue weighted by Crippen LogP contribution is -2.25. The summed E-state index contributed by atoms with van der Waals surface area (Å²) in [6, 6.07) is 19.8. The van der Waals surface area contributed by atoms with Crippen LogP contribution in [0.2, 0.25) is 0 Å². The van der Waals surface area contributed by atoms with E-state index in [1.54, 1.807) is 6.33 Å². The van der Waals surface area contributed by atoms with Crippen LogP contribution in [-0.4, -0.2) is 34.0 Å². The number of likely N-dealkylation sites (tertiary alicyclic amines) is 1. The fraction of sp³-hybridized carbons (Fsp3) is 0.250. The number of hydrogen-bond donors (Lipinski definition) is 2. The largest absolute Gasteiger partial charge is 0.381 e. The van der Waals surface area contributed by atoms with Crippen LogP contribution in [0.5, 0.6) is 0 Å². The van der Waals surface area contributed by atoms with Crippen molar-refractivity contribution in [2.75, 3.05) is 18.4 Å². The van der Waals surface area contributed by atoms with Gasteiger partial charge in [-0.1, -0.05) is 42.5 Å². The quantitative estimate of drug-likeness (QED) is 0.753. The number of H-pyrrole nitrogens is 1. The molecule has 4 heteroatoms. The van der Waals surface area contributed by atoms with Crippen molar-refractivity contribution in [2.45, 2.75) is 19.0 Å². The topological polar surface area (TPSA) is 44.0 Å². The average Bonchev–Trinajstić information content (AvgIpc) is 3.29. The first-order valence-electron chi connectivity index (χ1n) is 8.48. The number of aromatic amines is 1. The zero-order valence-electron chi connectivity index (χ0n) is 13.7. The number of nitrogens with one attached hydrogen (secondary N) is 2. The Bertz CT molecular complexity index is 750. The van der Waals surface area contributed by atoms with Gasteiger partial charge in [0.25, 0.3) is 0 Å². The van der Waals surface area contributed by atoms with Gasteiger partial charge >= 0.3 is 0 Å². The van der Waals surface area contributed by atoms with Gasteiger partial charge in [0.2, 0.25) is 0 Å². The maximum Gasteiger partial charge on any atom is 0.0924 e. The zero-order chi connectivity index (χ0) is 16.2. The van der Waals surface area contributed by atoms with Crippen molar-refractivity contribution >= 4 is 5.69 Å². The van der Waals surface area contributed by atoms with E-state index in [0.29, 0.717) is 6.04 Å². The molecule has 1 fully saturated rings. The van der Waals surface area contributed by atoms with Crippen LogP contribution in [0.3, 0.4) is 0 Å². The Hall–Kier alpha value is -2.59. The minimum Gasteiger partial charge on any atom is -0.381 e.